The first-order chi connectivity index (χ1) is 10.7. The first kappa shape index (κ1) is 14.1. The molecule has 0 spiro atoms. The van der Waals surface area contributed by atoms with Crippen LogP contribution in [0.25, 0.3) is 0 Å². The molecule has 1 saturated heterocycles. The van der Waals surface area contributed by atoms with E-state index in [9.17, 15) is 4.79 Å². The number of nitrogens with zero attached hydrogens (tertiary/aromatic N) is 1. The van der Waals surface area contributed by atoms with Gasteiger partial charge in [-0.2, -0.15) is 0 Å². The summed E-state index contributed by atoms with van der Waals surface area (Å²) in [5, 5.41) is 0. The van der Waals surface area contributed by atoms with Crippen molar-refractivity contribution < 1.29 is 14.3 Å². The topological polar surface area (TPSA) is 38.8 Å². The number of fused-ring (bicyclic) bond motifs is 5. The molecule has 0 radical (unpaired) electrons. The van der Waals surface area contributed by atoms with Crippen molar-refractivity contribution >= 4 is 5.78 Å². The van der Waals surface area contributed by atoms with Crippen molar-refractivity contribution in [3.05, 3.63) is 23.3 Å². The second-order valence-corrected chi connectivity index (χ2v) is 6.68. The molecule has 3 aliphatic rings. The molecular weight excluding hydrogens is 278 g/mol. The summed E-state index contributed by atoms with van der Waals surface area (Å²) in [4.78, 5) is 15.1. The molecule has 1 aliphatic carbocycles. The van der Waals surface area contributed by atoms with E-state index in [1.807, 2.05) is 0 Å². The van der Waals surface area contributed by atoms with Crippen molar-refractivity contribution in [3.8, 4) is 11.5 Å². The van der Waals surface area contributed by atoms with Gasteiger partial charge in [0.15, 0.2) is 11.5 Å². The summed E-state index contributed by atoms with van der Waals surface area (Å²) >= 11 is 0. The third kappa shape index (κ3) is 1.97. The molecule has 2 fully saturated rings. The Labute approximate surface area is 131 Å². The summed E-state index contributed by atoms with van der Waals surface area (Å²) in [5.74, 6) is 2.31. The van der Waals surface area contributed by atoms with E-state index in [1.54, 1.807) is 14.2 Å². The van der Waals surface area contributed by atoms with Gasteiger partial charge in [-0.3, -0.25) is 9.69 Å². The normalized spacial score (nSPS) is 30.5. The monoisotopic (exact) mass is 301 g/mol. The fourth-order valence-electron chi connectivity index (χ4n) is 4.73. The summed E-state index contributed by atoms with van der Waals surface area (Å²) < 4.78 is 10.9. The largest absolute Gasteiger partial charge is 0.493 e. The van der Waals surface area contributed by atoms with Gasteiger partial charge in [-0.15, -0.1) is 0 Å². The molecule has 118 valence electrons. The smallest absolute Gasteiger partial charge is 0.161 e. The maximum Gasteiger partial charge on any atom is 0.161 e. The van der Waals surface area contributed by atoms with Gasteiger partial charge in [0.2, 0.25) is 0 Å². The van der Waals surface area contributed by atoms with E-state index >= 15 is 0 Å². The second-order valence-electron chi connectivity index (χ2n) is 6.68. The van der Waals surface area contributed by atoms with Gasteiger partial charge in [-0.1, -0.05) is 6.42 Å². The van der Waals surface area contributed by atoms with E-state index < -0.39 is 0 Å². The Bertz CT molecular complexity index is 613. The Kier molecular flexibility index (Phi) is 3.37. The summed E-state index contributed by atoms with van der Waals surface area (Å²) in [7, 11) is 3.34. The van der Waals surface area contributed by atoms with Crippen molar-refractivity contribution in [2.75, 3.05) is 20.8 Å². The molecule has 3 atom stereocenters. The molecule has 1 aromatic carbocycles. The van der Waals surface area contributed by atoms with E-state index in [-0.39, 0.29) is 12.0 Å². The van der Waals surface area contributed by atoms with Gasteiger partial charge in [-0.05, 0) is 42.5 Å². The van der Waals surface area contributed by atoms with Crippen LogP contribution in [0.4, 0.5) is 0 Å². The van der Waals surface area contributed by atoms with Crippen molar-refractivity contribution in [3.63, 3.8) is 0 Å². The molecule has 4 heteroatoms. The second kappa shape index (κ2) is 5.27. The fraction of sp³-hybridized carbons (Fsp3) is 0.611. The zero-order valence-corrected chi connectivity index (χ0v) is 13.3. The minimum Gasteiger partial charge on any atom is -0.493 e. The third-order valence-corrected chi connectivity index (χ3v) is 5.76. The van der Waals surface area contributed by atoms with Crippen molar-refractivity contribution in [2.24, 2.45) is 5.92 Å². The van der Waals surface area contributed by atoms with Gasteiger partial charge in [0.25, 0.3) is 0 Å². The Morgan fingerprint density at radius 2 is 1.91 bits per heavy atom. The van der Waals surface area contributed by atoms with Gasteiger partial charge in [0.05, 0.1) is 14.2 Å². The standard InChI is InChI=1S/C18H23NO3/c1-21-17-8-11-6-7-19-14-5-3-4-12(14)16(20)10-15(19)13(11)9-18(17)22-2/h8-9,12,14-15H,3-7,10H2,1-2H3/t12-,14-,15+/m1/s1. The van der Waals surface area contributed by atoms with Gasteiger partial charge < -0.3 is 9.47 Å². The lowest BCUT2D eigenvalue weighted by Crippen LogP contribution is -2.51. The van der Waals surface area contributed by atoms with Crippen LogP contribution >= 0.6 is 0 Å². The quantitative estimate of drug-likeness (QED) is 0.842. The summed E-state index contributed by atoms with van der Waals surface area (Å²) in [6.45, 7) is 1.06. The van der Waals surface area contributed by atoms with Crippen LogP contribution in [0.5, 0.6) is 11.5 Å². The SMILES string of the molecule is COc1cc2c(cc1OC)[C@@H]1CC(=O)[C@@H]3CCC[C@H]3N1CC2. The lowest BCUT2D eigenvalue weighted by Gasteiger charge is -2.46. The van der Waals surface area contributed by atoms with Crippen LogP contribution in [-0.4, -0.2) is 37.5 Å². The molecule has 22 heavy (non-hydrogen) atoms. The van der Waals surface area contributed by atoms with Crippen LogP contribution in [0.2, 0.25) is 0 Å². The van der Waals surface area contributed by atoms with Crippen LogP contribution in [-0.2, 0) is 11.2 Å². The minimum absolute atomic E-state index is 0.232. The van der Waals surface area contributed by atoms with Crippen molar-refractivity contribution in [1.82, 2.24) is 4.90 Å². The molecular formula is C18H23NO3. The number of carbonyl (C=O) groups excluding carboxylic acids is 1. The number of hydrogen-bond acceptors (Lipinski definition) is 4. The summed E-state index contributed by atoms with van der Waals surface area (Å²) in [5.41, 5.74) is 2.57. The number of rotatable bonds is 2. The van der Waals surface area contributed by atoms with Crippen molar-refractivity contribution in [1.29, 1.82) is 0 Å². The first-order valence-electron chi connectivity index (χ1n) is 8.26. The van der Waals surface area contributed by atoms with E-state index in [1.165, 1.54) is 24.0 Å². The van der Waals surface area contributed by atoms with Crippen LogP contribution in [0, 0.1) is 5.92 Å². The molecule has 4 nitrogen and oxygen atoms in total. The van der Waals surface area contributed by atoms with Gasteiger partial charge in [0.1, 0.15) is 5.78 Å². The summed E-state index contributed by atoms with van der Waals surface area (Å²) in [6, 6.07) is 4.88. The molecule has 1 saturated carbocycles. The van der Waals surface area contributed by atoms with Crippen molar-refractivity contribution in [2.45, 2.75) is 44.2 Å². The molecule has 0 bridgehead atoms. The predicted molar refractivity (Wildman–Crippen MR) is 83.5 cm³/mol. The average Bonchev–Trinajstić information content (AvgIpc) is 3.04. The zero-order chi connectivity index (χ0) is 15.3. The number of methoxy groups -OCH3 is 2. The summed E-state index contributed by atoms with van der Waals surface area (Å²) in [6.07, 6.45) is 5.15. The van der Waals surface area contributed by atoms with Gasteiger partial charge in [-0.25, -0.2) is 0 Å². The van der Waals surface area contributed by atoms with Crippen LogP contribution < -0.4 is 9.47 Å². The zero-order valence-electron chi connectivity index (χ0n) is 13.3. The molecule has 0 unspecified atom stereocenters. The molecule has 0 N–H and O–H groups in total. The highest BCUT2D eigenvalue weighted by Crippen LogP contribution is 2.47. The van der Waals surface area contributed by atoms with E-state index in [0.717, 1.165) is 30.9 Å². The number of carbonyl (C=O) groups is 1. The van der Waals surface area contributed by atoms with E-state index in [4.69, 9.17) is 9.47 Å². The minimum atomic E-state index is 0.232. The average molecular weight is 301 g/mol. The lowest BCUT2D eigenvalue weighted by molar-refractivity contribution is -0.131. The van der Waals surface area contributed by atoms with E-state index in [0.29, 0.717) is 18.2 Å². The number of Topliss-reactive ketones (excluding diaryl/α,β-unsaturated/α-hetero) is 1. The first-order valence-corrected chi connectivity index (χ1v) is 8.26. The molecule has 4 rings (SSSR count). The van der Waals surface area contributed by atoms with Crippen LogP contribution in [0.15, 0.2) is 12.1 Å². The Morgan fingerprint density at radius 3 is 2.68 bits per heavy atom. The predicted octanol–water partition coefficient (Wildman–Crippen LogP) is 2.74. The highest BCUT2D eigenvalue weighted by molar-refractivity contribution is 5.84. The molecule has 1 aromatic rings. The molecule has 0 amide bonds. The fourth-order valence-corrected chi connectivity index (χ4v) is 4.73. The van der Waals surface area contributed by atoms with Crippen LogP contribution in [0.1, 0.15) is 42.9 Å². The van der Waals surface area contributed by atoms with E-state index in [2.05, 4.69) is 17.0 Å². The maximum atomic E-state index is 12.5. The highest BCUT2D eigenvalue weighted by Gasteiger charge is 2.46. The highest BCUT2D eigenvalue weighted by atomic mass is 16.5. The number of hydrogen-bond donors (Lipinski definition) is 0. The Hall–Kier alpha value is -1.55. The van der Waals surface area contributed by atoms with Gasteiger partial charge >= 0.3 is 0 Å². The number of ether oxygens (including phenoxy) is 2. The third-order valence-electron chi connectivity index (χ3n) is 5.76. The van der Waals surface area contributed by atoms with Gasteiger partial charge in [0, 0.05) is 31.0 Å². The number of benzene rings is 1. The van der Waals surface area contributed by atoms with Crippen LogP contribution in [0.3, 0.4) is 0 Å². The number of ketones is 1. The Morgan fingerprint density at radius 1 is 1.14 bits per heavy atom. The lowest BCUT2D eigenvalue weighted by atomic mass is 9.79. The number of piperidine rings is 1. The Balaban J connectivity index is 1.75. The maximum absolute atomic E-state index is 12.5. The molecule has 0 aromatic heterocycles. The molecule has 2 aliphatic heterocycles. The molecule has 2 heterocycles.